The molecule has 0 saturated carbocycles. The molecule has 0 aromatic heterocycles. The molecule has 2 aliphatic rings. The molecule has 0 radical (unpaired) electrons. The van der Waals surface area contributed by atoms with Gasteiger partial charge in [0.15, 0.2) is 24.8 Å². The van der Waals surface area contributed by atoms with Crippen LogP contribution < -0.4 is 0 Å². The van der Waals surface area contributed by atoms with Gasteiger partial charge in [0.2, 0.25) is 0 Å². The second kappa shape index (κ2) is 24.7. The van der Waals surface area contributed by atoms with Crippen molar-refractivity contribution in [1.29, 1.82) is 0 Å². The topological polar surface area (TPSA) is 144 Å². The Balaban J connectivity index is 1.23. The maximum absolute atomic E-state index is 14.6. The van der Waals surface area contributed by atoms with Gasteiger partial charge in [0.1, 0.15) is 35.4 Å². The van der Waals surface area contributed by atoms with Crippen LogP contribution in [0.25, 0.3) is 0 Å². The average Bonchev–Trinajstić information content (AvgIpc) is 3.40. The molecule has 6 aromatic carbocycles. The highest BCUT2D eigenvalue weighted by molar-refractivity contribution is 7.86. The van der Waals surface area contributed by atoms with Crippen molar-refractivity contribution in [3.05, 3.63) is 209 Å². The molecule has 13 nitrogen and oxygen atoms in total. The molecule has 0 N–H and O–H groups in total. The van der Waals surface area contributed by atoms with Crippen molar-refractivity contribution in [3.63, 3.8) is 0 Å². The lowest BCUT2D eigenvalue weighted by atomic mass is 9.96. The molecule has 0 spiro atoms. The van der Waals surface area contributed by atoms with Gasteiger partial charge in [0.05, 0.1) is 50.3 Å². The lowest BCUT2D eigenvalue weighted by Gasteiger charge is -2.49. The van der Waals surface area contributed by atoms with Crippen LogP contribution in [0, 0.1) is 0 Å². The third-order valence-electron chi connectivity index (χ3n) is 12.0. The van der Waals surface area contributed by atoms with Crippen LogP contribution in [0.1, 0.15) is 45.1 Å². The van der Waals surface area contributed by atoms with Crippen molar-refractivity contribution < 1.29 is 73.2 Å². The summed E-state index contributed by atoms with van der Waals surface area (Å²) in [6, 6.07) is 48.5. The fourth-order valence-corrected chi connectivity index (χ4v) is 9.77. The molecule has 2 fully saturated rings. The molecule has 0 aliphatic carbocycles. The van der Waals surface area contributed by atoms with Gasteiger partial charge >= 0.3 is 12.1 Å². The van der Waals surface area contributed by atoms with Gasteiger partial charge in [0, 0.05) is 7.11 Å². The standard InChI is InChI=1S/C55H55F3O13S/c1-37-46(69-52(59)42-28-16-7-17-29-42)48(65-34-40-24-12-5-13-25-40)51(71-72(60,61)45-31-19-18-30-43(45)55(56,57)58)54(67-37)70-49-47(64-33-39-22-10-4-11-23-39)44(36-63-32-38-20-8-3-9-21-38)68-53(62-2)50(49)66-35-41-26-14-6-15-27-41/h3-31,37,44,46-51,53-54H,32-36H2,1-2H3/t37-,44+,46-,47+,48+,49-,50-,51+,53-,54+/m0/s1. The molecule has 0 amide bonds. The van der Waals surface area contributed by atoms with Gasteiger partial charge in [-0.25, -0.2) is 4.79 Å². The maximum Gasteiger partial charge on any atom is 0.417 e. The Kier molecular flexibility index (Phi) is 18.0. The van der Waals surface area contributed by atoms with E-state index < -0.39 is 94.1 Å². The van der Waals surface area contributed by atoms with Crippen molar-refractivity contribution in [2.45, 2.75) is 106 Å². The fraction of sp³-hybridized carbons (Fsp3) is 0.327. The first-order valence-electron chi connectivity index (χ1n) is 23.3. The van der Waals surface area contributed by atoms with Crippen molar-refractivity contribution >= 4 is 16.1 Å². The van der Waals surface area contributed by atoms with Crippen LogP contribution in [0.4, 0.5) is 13.2 Å². The summed E-state index contributed by atoms with van der Waals surface area (Å²) in [4.78, 5) is 12.7. The summed E-state index contributed by atoms with van der Waals surface area (Å²) >= 11 is 0. The van der Waals surface area contributed by atoms with Gasteiger partial charge in [-0.3, -0.25) is 4.18 Å². The Morgan fingerprint density at radius 1 is 0.542 bits per heavy atom. The van der Waals surface area contributed by atoms with Crippen LogP contribution in [-0.2, 0) is 89.5 Å². The van der Waals surface area contributed by atoms with E-state index in [0.717, 1.165) is 34.9 Å². The normalized spacial score (nSPS) is 24.6. The summed E-state index contributed by atoms with van der Waals surface area (Å²) < 4.78 is 137. The van der Waals surface area contributed by atoms with Crippen molar-refractivity contribution in [2.24, 2.45) is 0 Å². The molecular weight excluding hydrogens is 958 g/mol. The maximum atomic E-state index is 14.6. The summed E-state index contributed by atoms with van der Waals surface area (Å²) in [6.07, 6.45) is -18.8. The van der Waals surface area contributed by atoms with E-state index in [1.807, 2.05) is 91.0 Å². The van der Waals surface area contributed by atoms with Crippen molar-refractivity contribution in [2.75, 3.05) is 13.7 Å². The number of rotatable bonds is 21. The molecule has 2 aliphatic heterocycles. The monoisotopic (exact) mass is 1010 g/mol. The summed E-state index contributed by atoms with van der Waals surface area (Å²) in [5, 5.41) is 0. The number of carbonyl (C=O) groups excluding carboxylic acids is 1. The number of hydrogen-bond acceptors (Lipinski definition) is 13. The Labute approximate surface area is 416 Å². The third kappa shape index (κ3) is 13.6. The smallest absolute Gasteiger partial charge is 0.417 e. The van der Waals surface area contributed by atoms with E-state index in [1.165, 1.54) is 19.2 Å². The quantitative estimate of drug-likeness (QED) is 0.0499. The number of methoxy groups -OCH3 is 1. The largest absolute Gasteiger partial charge is 0.453 e. The number of benzene rings is 6. The lowest BCUT2D eigenvalue weighted by Crippen LogP contribution is -2.66. The Morgan fingerprint density at radius 2 is 1.01 bits per heavy atom. The molecule has 72 heavy (non-hydrogen) atoms. The third-order valence-corrected chi connectivity index (χ3v) is 13.4. The average molecular weight is 1010 g/mol. The van der Waals surface area contributed by atoms with Gasteiger partial charge in [0.25, 0.3) is 10.1 Å². The van der Waals surface area contributed by atoms with Gasteiger partial charge in [-0.2, -0.15) is 21.6 Å². The summed E-state index contributed by atoms with van der Waals surface area (Å²) in [6.45, 7) is 1.54. The SMILES string of the molecule is CO[C@H]1O[C@H](COCc2ccccc2)[C@@H](OCc2ccccc2)[C@H](O[C@H]2O[C@@H](C)[C@H](OC(=O)c3ccccc3)[C@@H](OCc3ccccc3)[C@H]2OS(=O)(=O)c2ccccc2C(F)(F)F)[C@@H]1OCc1ccccc1. The molecule has 2 heterocycles. The first-order valence-corrected chi connectivity index (χ1v) is 24.7. The Morgan fingerprint density at radius 3 is 1.54 bits per heavy atom. The zero-order valence-corrected chi connectivity index (χ0v) is 40.2. The molecule has 0 unspecified atom stereocenters. The van der Waals surface area contributed by atoms with Gasteiger partial charge in [-0.15, -0.1) is 0 Å². The minimum absolute atomic E-state index is 0.0138. The Bertz CT molecular complexity index is 2710. The van der Waals surface area contributed by atoms with Crippen LogP contribution in [-0.4, -0.2) is 89.5 Å². The van der Waals surface area contributed by atoms with Crippen LogP contribution in [0.3, 0.4) is 0 Å². The molecule has 380 valence electrons. The first kappa shape index (κ1) is 52.5. The molecular formula is C55H55F3O13S. The molecule has 2 saturated heterocycles. The highest BCUT2D eigenvalue weighted by atomic mass is 32.2. The summed E-state index contributed by atoms with van der Waals surface area (Å²) in [5.41, 5.74) is 1.75. The van der Waals surface area contributed by atoms with Crippen molar-refractivity contribution in [3.8, 4) is 0 Å². The molecule has 6 aromatic rings. The highest BCUT2D eigenvalue weighted by Crippen LogP contribution is 2.40. The second-order valence-electron chi connectivity index (χ2n) is 17.1. The minimum atomic E-state index is -5.40. The zero-order chi connectivity index (χ0) is 50.5. The zero-order valence-electron chi connectivity index (χ0n) is 39.4. The van der Waals surface area contributed by atoms with E-state index in [9.17, 15) is 26.4 Å². The van der Waals surface area contributed by atoms with Crippen LogP contribution in [0.15, 0.2) is 181 Å². The van der Waals surface area contributed by atoms with Crippen LogP contribution in [0.5, 0.6) is 0 Å². The first-order chi connectivity index (χ1) is 34.9. The van der Waals surface area contributed by atoms with E-state index in [1.54, 1.807) is 55.5 Å². The molecule has 10 atom stereocenters. The molecule has 8 rings (SSSR count). The van der Waals surface area contributed by atoms with Crippen LogP contribution in [0.2, 0.25) is 0 Å². The van der Waals surface area contributed by atoms with E-state index >= 15 is 0 Å². The minimum Gasteiger partial charge on any atom is -0.453 e. The number of ether oxygens (including phenoxy) is 9. The fourth-order valence-electron chi connectivity index (χ4n) is 8.48. The summed E-state index contributed by atoms with van der Waals surface area (Å²) in [7, 11) is -3.98. The Hall–Kier alpha value is -5.83. The van der Waals surface area contributed by atoms with E-state index in [0.29, 0.717) is 11.6 Å². The second-order valence-corrected chi connectivity index (χ2v) is 18.7. The number of hydrogen-bond donors (Lipinski definition) is 0. The van der Waals surface area contributed by atoms with E-state index in [-0.39, 0.29) is 38.6 Å². The molecule has 17 heteroatoms. The number of esters is 1. The van der Waals surface area contributed by atoms with E-state index in [4.69, 9.17) is 46.8 Å². The van der Waals surface area contributed by atoms with Gasteiger partial charge in [-0.1, -0.05) is 152 Å². The highest BCUT2D eigenvalue weighted by Gasteiger charge is 2.56. The predicted molar refractivity (Wildman–Crippen MR) is 255 cm³/mol. The summed E-state index contributed by atoms with van der Waals surface area (Å²) in [5.74, 6) is -0.817. The number of carbonyl (C=O) groups is 1. The van der Waals surface area contributed by atoms with Crippen molar-refractivity contribution in [1.82, 2.24) is 0 Å². The lowest BCUT2D eigenvalue weighted by molar-refractivity contribution is -0.365. The number of halogens is 3. The van der Waals surface area contributed by atoms with Crippen LogP contribution >= 0.6 is 0 Å². The van der Waals surface area contributed by atoms with Gasteiger partial charge < -0.3 is 42.6 Å². The molecule has 0 bridgehead atoms. The van der Waals surface area contributed by atoms with Gasteiger partial charge in [-0.05, 0) is 53.4 Å². The predicted octanol–water partition coefficient (Wildman–Crippen LogP) is 9.48. The number of alkyl halides is 3. The van der Waals surface area contributed by atoms with E-state index in [2.05, 4.69) is 0 Å².